The maximum atomic E-state index is 11.9. The van der Waals surface area contributed by atoms with Gasteiger partial charge >= 0.3 is 6.09 Å². The van der Waals surface area contributed by atoms with Gasteiger partial charge in [0, 0.05) is 44.6 Å². The highest BCUT2D eigenvalue weighted by Gasteiger charge is 2.21. The summed E-state index contributed by atoms with van der Waals surface area (Å²) in [6.45, 7) is 7.52. The summed E-state index contributed by atoms with van der Waals surface area (Å²) >= 11 is 1.87. The molecule has 1 aliphatic heterocycles. The van der Waals surface area contributed by atoms with E-state index < -0.39 is 5.60 Å². The van der Waals surface area contributed by atoms with E-state index in [-0.39, 0.29) is 12.0 Å². The number of carbonyl (C=O) groups excluding carboxylic acids is 2. The first-order chi connectivity index (χ1) is 8.79. The second-order valence-electron chi connectivity index (χ2n) is 5.65. The topological polar surface area (TPSA) is 49.9 Å². The number of hydrogen-bond donors (Lipinski definition) is 0. The van der Waals surface area contributed by atoms with Gasteiger partial charge in [-0.1, -0.05) is 0 Å². The Balaban J connectivity index is 2.30. The summed E-state index contributed by atoms with van der Waals surface area (Å²) < 4.78 is 5.24. The van der Waals surface area contributed by atoms with Gasteiger partial charge in [0.1, 0.15) is 5.60 Å². The number of thioether (sulfide) groups is 1. The first kappa shape index (κ1) is 16.1. The highest BCUT2D eigenvalue weighted by Crippen LogP contribution is 2.11. The lowest BCUT2D eigenvalue weighted by Gasteiger charge is -2.28. The molecule has 0 radical (unpaired) electrons. The molecule has 0 unspecified atom stereocenters. The average molecular weight is 288 g/mol. The molecule has 0 aromatic carbocycles. The minimum atomic E-state index is -0.501. The lowest BCUT2D eigenvalue weighted by Crippen LogP contribution is -2.40. The average Bonchev–Trinajstić information content (AvgIpc) is 2.34. The van der Waals surface area contributed by atoms with Crippen molar-refractivity contribution >= 4 is 23.8 Å². The van der Waals surface area contributed by atoms with Crippen molar-refractivity contribution in [2.24, 2.45) is 0 Å². The van der Waals surface area contributed by atoms with Crippen LogP contribution in [-0.4, -0.2) is 65.6 Å². The van der Waals surface area contributed by atoms with Crippen LogP contribution in [0.4, 0.5) is 4.79 Å². The van der Waals surface area contributed by atoms with Crippen LogP contribution in [0.2, 0.25) is 0 Å². The molecule has 1 heterocycles. The molecule has 6 heteroatoms. The molecule has 0 spiro atoms. The van der Waals surface area contributed by atoms with Gasteiger partial charge in [0.05, 0.1) is 0 Å². The Bertz CT molecular complexity index is 322. The highest BCUT2D eigenvalue weighted by molar-refractivity contribution is 7.99. The molecular formula is C13H24N2O3S. The fourth-order valence-electron chi connectivity index (χ4n) is 1.67. The molecule has 0 aliphatic carbocycles. The van der Waals surface area contributed by atoms with E-state index in [1.165, 1.54) is 4.90 Å². The Hall–Kier alpha value is -0.910. The Kier molecular flexibility index (Phi) is 5.97. The molecule has 1 rings (SSSR count). The third-order valence-corrected chi connectivity index (χ3v) is 3.67. The van der Waals surface area contributed by atoms with Gasteiger partial charge < -0.3 is 14.5 Å². The van der Waals surface area contributed by atoms with Gasteiger partial charge in [-0.25, -0.2) is 4.79 Å². The summed E-state index contributed by atoms with van der Waals surface area (Å²) in [5.74, 6) is 2.14. The van der Waals surface area contributed by atoms with Crippen molar-refractivity contribution in [1.29, 1.82) is 0 Å². The van der Waals surface area contributed by atoms with E-state index in [9.17, 15) is 9.59 Å². The Labute approximate surface area is 119 Å². The van der Waals surface area contributed by atoms with Crippen molar-refractivity contribution in [3.8, 4) is 0 Å². The van der Waals surface area contributed by atoms with Crippen LogP contribution in [0.3, 0.4) is 0 Å². The molecule has 1 fully saturated rings. The first-order valence-electron chi connectivity index (χ1n) is 6.59. The molecular weight excluding hydrogens is 264 g/mol. The number of nitrogens with zero attached hydrogens (tertiary/aromatic N) is 2. The Morgan fingerprint density at radius 2 is 1.84 bits per heavy atom. The third kappa shape index (κ3) is 6.18. The van der Waals surface area contributed by atoms with Crippen molar-refractivity contribution in [2.45, 2.75) is 32.8 Å². The lowest BCUT2D eigenvalue weighted by molar-refractivity contribution is -0.131. The summed E-state index contributed by atoms with van der Waals surface area (Å²) in [6.07, 6.45) is -0.0186. The highest BCUT2D eigenvalue weighted by atomic mass is 32.2. The normalized spacial score (nSPS) is 16.1. The van der Waals surface area contributed by atoms with Crippen molar-refractivity contribution in [2.75, 3.05) is 38.2 Å². The summed E-state index contributed by atoms with van der Waals surface area (Å²) in [6, 6.07) is 0. The van der Waals surface area contributed by atoms with E-state index in [4.69, 9.17) is 4.74 Å². The SMILES string of the molecule is CN(CCC(=O)N1CCSCC1)C(=O)OC(C)(C)C. The zero-order valence-electron chi connectivity index (χ0n) is 12.3. The monoisotopic (exact) mass is 288 g/mol. The molecule has 2 amide bonds. The van der Waals surface area contributed by atoms with Gasteiger partial charge in [0.25, 0.3) is 0 Å². The zero-order chi connectivity index (χ0) is 14.5. The fraction of sp³-hybridized carbons (Fsp3) is 0.846. The number of ether oxygens (including phenoxy) is 1. The van der Waals surface area contributed by atoms with Crippen LogP contribution in [0.25, 0.3) is 0 Å². The first-order valence-corrected chi connectivity index (χ1v) is 7.75. The minimum absolute atomic E-state index is 0.121. The number of rotatable bonds is 3. The van der Waals surface area contributed by atoms with Crippen molar-refractivity contribution in [1.82, 2.24) is 9.80 Å². The van der Waals surface area contributed by atoms with Crippen LogP contribution in [0.1, 0.15) is 27.2 Å². The van der Waals surface area contributed by atoms with Crippen LogP contribution in [-0.2, 0) is 9.53 Å². The van der Waals surface area contributed by atoms with E-state index in [2.05, 4.69) is 0 Å². The van der Waals surface area contributed by atoms with Crippen LogP contribution in [0.15, 0.2) is 0 Å². The van der Waals surface area contributed by atoms with Gasteiger partial charge in [-0.3, -0.25) is 4.79 Å². The van der Waals surface area contributed by atoms with Crippen LogP contribution in [0.5, 0.6) is 0 Å². The molecule has 110 valence electrons. The number of carbonyl (C=O) groups is 2. The van der Waals surface area contributed by atoms with E-state index in [0.29, 0.717) is 13.0 Å². The van der Waals surface area contributed by atoms with Gasteiger partial charge in [0.15, 0.2) is 0 Å². The summed E-state index contributed by atoms with van der Waals surface area (Å²) in [7, 11) is 1.66. The van der Waals surface area contributed by atoms with Crippen molar-refractivity contribution < 1.29 is 14.3 Å². The fourth-order valence-corrected chi connectivity index (χ4v) is 2.57. The molecule has 0 bridgehead atoms. The predicted octanol–water partition coefficient (Wildman–Crippen LogP) is 1.82. The molecule has 0 aromatic rings. The maximum Gasteiger partial charge on any atom is 0.410 e. The third-order valence-electron chi connectivity index (χ3n) is 2.73. The molecule has 5 nitrogen and oxygen atoms in total. The quantitative estimate of drug-likeness (QED) is 0.795. The molecule has 1 saturated heterocycles. The van der Waals surface area contributed by atoms with Crippen molar-refractivity contribution in [3.63, 3.8) is 0 Å². The van der Waals surface area contributed by atoms with E-state index in [1.807, 2.05) is 37.4 Å². The molecule has 19 heavy (non-hydrogen) atoms. The zero-order valence-corrected chi connectivity index (χ0v) is 13.1. The molecule has 0 aromatic heterocycles. The van der Waals surface area contributed by atoms with Gasteiger partial charge in [-0.15, -0.1) is 0 Å². The van der Waals surface area contributed by atoms with Crippen LogP contribution < -0.4 is 0 Å². The summed E-state index contributed by atoms with van der Waals surface area (Å²) in [5.41, 5.74) is -0.501. The van der Waals surface area contributed by atoms with Gasteiger partial charge in [-0.2, -0.15) is 11.8 Å². The van der Waals surface area contributed by atoms with E-state index in [1.54, 1.807) is 7.05 Å². The summed E-state index contributed by atoms with van der Waals surface area (Å²) in [4.78, 5) is 27.0. The number of hydrogen-bond acceptors (Lipinski definition) is 4. The van der Waals surface area contributed by atoms with Gasteiger partial charge in [-0.05, 0) is 20.8 Å². The lowest BCUT2D eigenvalue weighted by atomic mass is 10.2. The van der Waals surface area contributed by atoms with Crippen molar-refractivity contribution in [3.05, 3.63) is 0 Å². The molecule has 0 atom stereocenters. The largest absolute Gasteiger partial charge is 0.444 e. The number of amides is 2. The Morgan fingerprint density at radius 1 is 1.26 bits per heavy atom. The second-order valence-corrected chi connectivity index (χ2v) is 6.87. The maximum absolute atomic E-state index is 11.9. The second kappa shape index (κ2) is 7.03. The standard InChI is InChI=1S/C13H24N2O3S/c1-13(2,3)18-12(17)14(4)6-5-11(16)15-7-9-19-10-8-15/h5-10H2,1-4H3. The smallest absolute Gasteiger partial charge is 0.410 e. The Morgan fingerprint density at radius 3 is 2.37 bits per heavy atom. The molecule has 0 saturated carbocycles. The van der Waals surface area contributed by atoms with Crippen LogP contribution >= 0.6 is 11.8 Å². The van der Waals surface area contributed by atoms with E-state index in [0.717, 1.165) is 24.6 Å². The van der Waals surface area contributed by atoms with Gasteiger partial charge in [0.2, 0.25) is 5.91 Å². The van der Waals surface area contributed by atoms with E-state index >= 15 is 0 Å². The summed E-state index contributed by atoms with van der Waals surface area (Å²) in [5, 5.41) is 0. The molecule has 1 aliphatic rings. The minimum Gasteiger partial charge on any atom is -0.444 e. The van der Waals surface area contributed by atoms with Crippen LogP contribution in [0, 0.1) is 0 Å². The predicted molar refractivity (Wildman–Crippen MR) is 77.4 cm³/mol. The molecule has 0 N–H and O–H groups in total.